The number of amides is 1. The Bertz CT molecular complexity index is 458. The van der Waals surface area contributed by atoms with E-state index < -0.39 is 11.7 Å². The summed E-state index contributed by atoms with van der Waals surface area (Å²) >= 11 is 3.29. The number of hydrogen-bond acceptors (Lipinski definition) is 2. The van der Waals surface area contributed by atoms with E-state index in [-0.39, 0.29) is 17.6 Å². The lowest BCUT2D eigenvalue weighted by atomic mass is 10.1. The lowest BCUT2D eigenvalue weighted by Gasteiger charge is -2.29. The fourth-order valence-corrected chi connectivity index (χ4v) is 2.49. The van der Waals surface area contributed by atoms with Crippen molar-refractivity contribution in [3.8, 4) is 0 Å². The largest absolute Gasteiger partial charge is 0.417 e. The zero-order chi connectivity index (χ0) is 16.0. The molecule has 7 heteroatoms. The third kappa shape index (κ3) is 4.69. The molecule has 0 N–H and O–H groups in total. The van der Waals surface area contributed by atoms with Crippen molar-refractivity contribution < 1.29 is 18.0 Å². The minimum Gasteiger partial charge on any atom is -0.334 e. The third-order valence-corrected chi connectivity index (χ3v) is 3.63. The molecule has 0 aliphatic heterocycles. The normalized spacial score (nSPS) is 11.8. The van der Waals surface area contributed by atoms with Crippen LogP contribution in [0.1, 0.15) is 42.7 Å². The van der Waals surface area contributed by atoms with Gasteiger partial charge < -0.3 is 4.90 Å². The van der Waals surface area contributed by atoms with Crippen LogP contribution in [-0.2, 0) is 6.18 Å². The SMILES string of the molecule is CCC(CC)N(CCBr)C(=O)c1ccc(C(F)(F)F)cn1. The Labute approximate surface area is 130 Å². The van der Waals surface area contributed by atoms with Gasteiger partial charge in [0, 0.05) is 24.1 Å². The van der Waals surface area contributed by atoms with Gasteiger partial charge in [0.25, 0.3) is 5.91 Å². The zero-order valence-corrected chi connectivity index (χ0v) is 13.5. The van der Waals surface area contributed by atoms with E-state index in [1.165, 1.54) is 0 Å². The number of carbonyl (C=O) groups excluding carboxylic acids is 1. The highest BCUT2D eigenvalue weighted by atomic mass is 79.9. The van der Waals surface area contributed by atoms with Gasteiger partial charge in [-0.25, -0.2) is 0 Å². The van der Waals surface area contributed by atoms with Gasteiger partial charge in [-0.05, 0) is 25.0 Å². The van der Waals surface area contributed by atoms with Gasteiger partial charge in [-0.3, -0.25) is 9.78 Å². The van der Waals surface area contributed by atoms with E-state index in [4.69, 9.17) is 0 Å². The number of alkyl halides is 4. The first kappa shape index (κ1) is 17.9. The molecule has 0 unspecified atom stereocenters. The van der Waals surface area contributed by atoms with Crippen LogP contribution in [0.3, 0.4) is 0 Å². The molecule has 3 nitrogen and oxygen atoms in total. The minimum atomic E-state index is -4.44. The van der Waals surface area contributed by atoms with E-state index in [2.05, 4.69) is 20.9 Å². The first-order chi connectivity index (χ1) is 9.85. The summed E-state index contributed by atoms with van der Waals surface area (Å²) < 4.78 is 37.5. The van der Waals surface area contributed by atoms with Gasteiger partial charge in [-0.2, -0.15) is 13.2 Å². The Morgan fingerprint density at radius 3 is 2.33 bits per heavy atom. The molecule has 1 heterocycles. The van der Waals surface area contributed by atoms with E-state index in [9.17, 15) is 18.0 Å². The van der Waals surface area contributed by atoms with Crippen molar-refractivity contribution in [2.45, 2.75) is 38.9 Å². The molecule has 0 saturated carbocycles. The lowest BCUT2D eigenvalue weighted by molar-refractivity contribution is -0.137. The summed E-state index contributed by atoms with van der Waals surface area (Å²) in [4.78, 5) is 17.7. The minimum absolute atomic E-state index is 0.0378. The molecule has 0 bridgehead atoms. The molecule has 118 valence electrons. The molecular formula is C14H18BrF3N2O. The first-order valence-electron chi connectivity index (χ1n) is 6.75. The fraction of sp³-hybridized carbons (Fsp3) is 0.571. The molecule has 0 fully saturated rings. The smallest absolute Gasteiger partial charge is 0.334 e. The molecule has 0 saturated heterocycles. The molecule has 1 aromatic rings. The molecule has 0 aromatic carbocycles. The van der Waals surface area contributed by atoms with Crippen LogP contribution in [0.15, 0.2) is 18.3 Å². The van der Waals surface area contributed by atoms with Gasteiger partial charge in [-0.1, -0.05) is 29.8 Å². The average Bonchev–Trinajstić information content (AvgIpc) is 2.46. The van der Waals surface area contributed by atoms with Crippen LogP contribution in [0.25, 0.3) is 0 Å². The number of pyridine rings is 1. The topological polar surface area (TPSA) is 33.2 Å². The number of hydrogen-bond donors (Lipinski definition) is 0. The molecule has 1 amide bonds. The molecule has 0 aliphatic rings. The van der Waals surface area contributed by atoms with Crippen molar-refractivity contribution in [3.05, 3.63) is 29.6 Å². The van der Waals surface area contributed by atoms with E-state index in [1.54, 1.807) is 4.90 Å². The maximum absolute atomic E-state index is 12.5. The number of carbonyl (C=O) groups is 1. The highest BCUT2D eigenvalue weighted by molar-refractivity contribution is 9.09. The van der Waals surface area contributed by atoms with Crippen LogP contribution < -0.4 is 0 Å². The predicted molar refractivity (Wildman–Crippen MR) is 78.4 cm³/mol. The van der Waals surface area contributed by atoms with Crippen molar-refractivity contribution in [1.82, 2.24) is 9.88 Å². The molecule has 21 heavy (non-hydrogen) atoms. The van der Waals surface area contributed by atoms with Gasteiger partial charge in [-0.15, -0.1) is 0 Å². The van der Waals surface area contributed by atoms with Gasteiger partial charge in [0.15, 0.2) is 0 Å². The summed E-state index contributed by atoms with van der Waals surface area (Å²) in [5.74, 6) is -0.336. The summed E-state index contributed by atoms with van der Waals surface area (Å²) in [6.45, 7) is 4.44. The van der Waals surface area contributed by atoms with Gasteiger partial charge in [0.2, 0.25) is 0 Å². The van der Waals surface area contributed by atoms with E-state index in [0.29, 0.717) is 18.1 Å². The quantitative estimate of drug-likeness (QED) is 0.709. The van der Waals surface area contributed by atoms with Crippen molar-refractivity contribution in [1.29, 1.82) is 0 Å². The van der Waals surface area contributed by atoms with Crippen LogP contribution in [0.4, 0.5) is 13.2 Å². The second-order valence-corrected chi connectivity index (χ2v) is 5.38. The van der Waals surface area contributed by atoms with Gasteiger partial charge >= 0.3 is 6.18 Å². The van der Waals surface area contributed by atoms with Crippen molar-refractivity contribution in [3.63, 3.8) is 0 Å². The zero-order valence-electron chi connectivity index (χ0n) is 12.0. The Kier molecular flexibility index (Phi) is 6.64. The van der Waals surface area contributed by atoms with Crippen LogP contribution >= 0.6 is 15.9 Å². The third-order valence-electron chi connectivity index (χ3n) is 3.28. The molecule has 0 aliphatic carbocycles. The fourth-order valence-electron chi connectivity index (χ4n) is 2.11. The maximum Gasteiger partial charge on any atom is 0.417 e. The van der Waals surface area contributed by atoms with Crippen molar-refractivity contribution in [2.24, 2.45) is 0 Å². The average molecular weight is 367 g/mol. The Balaban J connectivity index is 2.98. The Hall–Kier alpha value is -1.11. The number of halogens is 4. The number of rotatable bonds is 6. The molecule has 0 atom stereocenters. The van der Waals surface area contributed by atoms with Crippen LogP contribution in [0.5, 0.6) is 0 Å². The molecule has 1 rings (SSSR count). The van der Waals surface area contributed by atoms with Crippen molar-refractivity contribution in [2.75, 3.05) is 11.9 Å². The van der Waals surface area contributed by atoms with Crippen LogP contribution in [0, 0.1) is 0 Å². The highest BCUT2D eigenvalue weighted by Crippen LogP contribution is 2.28. The van der Waals surface area contributed by atoms with Crippen LogP contribution in [-0.4, -0.2) is 33.7 Å². The van der Waals surface area contributed by atoms with Gasteiger partial charge in [0.1, 0.15) is 5.69 Å². The number of nitrogens with zero attached hydrogens (tertiary/aromatic N) is 2. The summed E-state index contributed by atoms with van der Waals surface area (Å²) in [5.41, 5.74) is -0.815. The summed E-state index contributed by atoms with van der Waals surface area (Å²) in [5, 5.41) is 0.607. The standard InChI is InChI=1S/C14H18BrF3N2O/c1-3-11(4-2)20(8-7-15)13(21)12-6-5-10(9-19-12)14(16,17)18/h5-6,9,11H,3-4,7-8H2,1-2H3. The predicted octanol–water partition coefficient (Wildman–Crippen LogP) is 4.13. The monoisotopic (exact) mass is 366 g/mol. The lowest BCUT2D eigenvalue weighted by Crippen LogP contribution is -2.41. The molecule has 0 spiro atoms. The summed E-state index contributed by atoms with van der Waals surface area (Å²) in [7, 11) is 0. The second kappa shape index (κ2) is 7.77. The van der Waals surface area contributed by atoms with E-state index >= 15 is 0 Å². The summed E-state index contributed by atoms with van der Waals surface area (Å²) in [6.07, 6.45) is -2.17. The highest BCUT2D eigenvalue weighted by Gasteiger charge is 2.31. The van der Waals surface area contributed by atoms with E-state index in [0.717, 1.165) is 25.0 Å². The van der Waals surface area contributed by atoms with Crippen molar-refractivity contribution >= 4 is 21.8 Å². The second-order valence-electron chi connectivity index (χ2n) is 4.59. The Morgan fingerprint density at radius 2 is 1.95 bits per heavy atom. The maximum atomic E-state index is 12.5. The number of aromatic nitrogens is 1. The Morgan fingerprint density at radius 1 is 1.33 bits per heavy atom. The molecular weight excluding hydrogens is 349 g/mol. The summed E-state index contributed by atoms with van der Waals surface area (Å²) in [6, 6.07) is 2.08. The van der Waals surface area contributed by atoms with Crippen LogP contribution in [0.2, 0.25) is 0 Å². The molecule has 0 radical (unpaired) electrons. The first-order valence-corrected chi connectivity index (χ1v) is 7.87. The van der Waals surface area contributed by atoms with Gasteiger partial charge in [0.05, 0.1) is 5.56 Å². The molecule has 1 aromatic heterocycles. The van der Waals surface area contributed by atoms with E-state index in [1.807, 2.05) is 13.8 Å².